The monoisotopic (exact) mass is 313 g/mol. The lowest BCUT2D eigenvalue weighted by Crippen LogP contribution is -2.33. The molecule has 0 radical (unpaired) electrons. The molecule has 0 amide bonds. The summed E-state index contributed by atoms with van der Waals surface area (Å²) in [4.78, 5) is 0. The quantitative estimate of drug-likeness (QED) is 0.704. The van der Waals surface area contributed by atoms with Crippen molar-refractivity contribution in [2.24, 2.45) is 11.3 Å². The fourth-order valence-electron chi connectivity index (χ4n) is 3.11. The Morgan fingerprint density at radius 2 is 1.95 bits per heavy atom. The maximum Gasteiger partial charge on any atom is 0.126 e. The summed E-state index contributed by atoms with van der Waals surface area (Å²) in [5.74, 6) is 0.446. The summed E-state index contributed by atoms with van der Waals surface area (Å²) in [6.07, 6.45) is 2.92. The molecule has 0 saturated carbocycles. The van der Waals surface area contributed by atoms with Crippen molar-refractivity contribution >= 4 is 11.6 Å². The van der Waals surface area contributed by atoms with Gasteiger partial charge in [-0.05, 0) is 60.9 Å². The normalized spacial score (nSPS) is 15.0. The molecule has 0 heterocycles. The summed E-state index contributed by atoms with van der Waals surface area (Å²) in [7, 11) is 0. The second-order valence-corrected chi connectivity index (χ2v) is 7.74. The molecule has 1 aromatic carbocycles. The van der Waals surface area contributed by atoms with Crippen molar-refractivity contribution in [1.82, 2.24) is 5.32 Å². The molecule has 120 valence electrons. The number of likely N-dealkylation sites (N-methyl/N-ethyl adjacent to an activating group) is 1. The van der Waals surface area contributed by atoms with E-state index in [1.165, 1.54) is 12.5 Å². The third-order valence-corrected chi connectivity index (χ3v) is 3.85. The number of rotatable bonds is 7. The van der Waals surface area contributed by atoms with Gasteiger partial charge in [0.05, 0.1) is 0 Å². The molecule has 0 aliphatic heterocycles. The van der Waals surface area contributed by atoms with E-state index in [-0.39, 0.29) is 5.82 Å². The third kappa shape index (κ3) is 7.28. The molecule has 0 spiro atoms. The molecular formula is C18H29ClFN. The van der Waals surface area contributed by atoms with Crippen molar-refractivity contribution in [3.63, 3.8) is 0 Å². The van der Waals surface area contributed by atoms with E-state index >= 15 is 0 Å². The van der Waals surface area contributed by atoms with Crippen LogP contribution in [0.25, 0.3) is 0 Å². The van der Waals surface area contributed by atoms with E-state index in [0.717, 1.165) is 13.0 Å². The van der Waals surface area contributed by atoms with Gasteiger partial charge in [-0.2, -0.15) is 0 Å². The summed E-state index contributed by atoms with van der Waals surface area (Å²) in [6.45, 7) is 12.1. The van der Waals surface area contributed by atoms with Gasteiger partial charge < -0.3 is 5.32 Å². The van der Waals surface area contributed by atoms with Crippen molar-refractivity contribution in [2.45, 2.75) is 59.9 Å². The minimum Gasteiger partial charge on any atom is -0.314 e. The van der Waals surface area contributed by atoms with E-state index in [9.17, 15) is 4.39 Å². The zero-order valence-electron chi connectivity index (χ0n) is 14.0. The highest BCUT2D eigenvalue weighted by Gasteiger charge is 2.20. The molecule has 0 aliphatic rings. The number of halogens is 2. The summed E-state index contributed by atoms with van der Waals surface area (Å²) in [5.41, 5.74) is 1.04. The smallest absolute Gasteiger partial charge is 0.126 e. The molecule has 1 nitrogen and oxygen atoms in total. The first-order valence-electron chi connectivity index (χ1n) is 7.88. The zero-order chi connectivity index (χ0) is 16.0. The van der Waals surface area contributed by atoms with Crippen LogP contribution in [0.1, 0.15) is 53.0 Å². The van der Waals surface area contributed by atoms with Crippen LogP contribution in [0.3, 0.4) is 0 Å². The fraction of sp³-hybridized carbons (Fsp3) is 0.667. The van der Waals surface area contributed by atoms with E-state index in [2.05, 4.69) is 39.9 Å². The minimum atomic E-state index is -0.161. The molecule has 0 aromatic heterocycles. The number of benzene rings is 1. The molecule has 1 N–H and O–H groups in total. The molecule has 0 bridgehead atoms. The zero-order valence-corrected chi connectivity index (χ0v) is 14.7. The summed E-state index contributed by atoms with van der Waals surface area (Å²) in [6, 6.07) is 5.10. The van der Waals surface area contributed by atoms with Gasteiger partial charge >= 0.3 is 0 Å². The van der Waals surface area contributed by atoms with Gasteiger partial charge in [0.15, 0.2) is 0 Å². The Balaban J connectivity index is 2.71. The molecule has 0 saturated heterocycles. The van der Waals surface area contributed by atoms with Crippen LogP contribution in [0.4, 0.5) is 4.39 Å². The maximum atomic E-state index is 13.9. The molecule has 2 atom stereocenters. The Morgan fingerprint density at radius 3 is 2.52 bits per heavy atom. The first-order chi connectivity index (χ1) is 9.71. The average molecular weight is 314 g/mol. The predicted octanol–water partition coefficient (Wildman–Crippen LogP) is 5.46. The van der Waals surface area contributed by atoms with Gasteiger partial charge in [-0.15, -0.1) is 0 Å². The summed E-state index contributed by atoms with van der Waals surface area (Å²) >= 11 is 5.98. The Morgan fingerprint density at radius 1 is 1.29 bits per heavy atom. The molecule has 3 heteroatoms. The summed E-state index contributed by atoms with van der Waals surface area (Å²) in [5, 5.41) is 4.09. The SMILES string of the molecule is CCNC(Cc1cc(Cl)ccc1F)CC(C)CC(C)(C)C. The standard InChI is InChI=1S/C18H29ClFN/c1-6-21-16(9-13(2)12-18(3,4)5)11-14-10-15(19)7-8-17(14)20/h7-8,10,13,16,21H,6,9,11-12H2,1-5H3. The number of hydrogen-bond acceptors (Lipinski definition) is 1. The molecule has 0 fully saturated rings. The van der Waals surface area contributed by atoms with Crippen LogP contribution in [0.5, 0.6) is 0 Å². The molecule has 0 aliphatic carbocycles. The minimum absolute atomic E-state index is 0.161. The topological polar surface area (TPSA) is 12.0 Å². The van der Waals surface area contributed by atoms with Gasteiger partial charge in [-0.1, -0.05) is 46.2 Å². The van der Waals surface area contributed by atoms with Gasteiger partial charge in [0, 0.05) is 11.1 Å². The Hall–Kier alpha value is -0.600. The maximum absolute atomic E-state index is 13.9. The second-order valence-electron chi connectivity index (χ2n) is 7.30. The van der Waals surface area contributed by atoms with Crippen LogP contribution in [0.15, 0.2) is 18.2 Å². The van der Waals surface area contributed by atoms with Gasteiger partial charge in [0.25, 0.3) is 0 Å². The summed E-state index contributed by atoms with van der Waals surface area (Å²) < 4.78 is 13.9. The first-order valence-corrected chi connectivity index (χ1v) is 8.26. The van der Waals surface area contributed by atoms with Crippen molar-refractivity contribution < 1.29 is 4.39 Å². The largest absolute Gasteiger partial charge is 0.314 e. The van der Waals surface area contributed by atoms with Gasteiger partial charge in [-0.25, -0.2) is 4.39 Å². The van der Waals surface area contributed by atoms with Crippen molar-refractivity contribution in [1.29, 1.82) is 0 Å². The molecule has 1 rings (SSSR count). The lowest BCUT2D eigenvalue weighted by Gasteiger charge is -2.27. The fourth-order valence-corrected chi connectivity index (χ4v) is 3.30. The average Bonchev–Trinajstić information content (AvgIpc) is 2.31. The molecule has 2 unspecified atom stereocenters. The Kier molecular flexibility index (Phi) is 7.15. The van der Waals surface area contributed by atoms with Crippen LogP contribution >= 0.6 is 11.6 Å². The van der Waals surface area contributed by atoms with Crippen molar-refractivity contribution in [3.05, 3.63) is 34.6 Å². The lowest BCUT2D eigenvalue weighted by molar-refractivity contribution is 0.274. The molecule has 1 aromatic rings. The number of hydrogen-bond donors (Lipinski definition) is 1. The van der Waals surface area contributed by atoms with E-state index in [1.54, 1.807) is 12.1 Å². The third-order valence-electron chi connectivity index (χ3n) is 3.61. The number of nitrogens with one attached hydrogen (secondary N) is 1. The van der Waals surface area contributed by atoms with Gasteiger partial charge in [0.1, 0.15) is 5.82 Å². The van der Waals surface area contributed by atoms with E-state index < -0.39 is 0 Å². The Bertz CT molecular complexity index is 439. The van der Waals surface area contributed by atoms with Crippen LogP contribution in [-0.4, -0.2) is 12.6 Å². The van der Waals surface area contributed by atoms with Crippen LogP contribution in [0, 0.1) is 17.2 Å². The van der Waals surface area contributed by atoms with Crippen LogP contribution in [0.2, 0.25) is 5.02 Å². The highest BCUT2D eigenvalue weighted by atomic mass is 35.5. The van der Waals surface area contributed by atoms with Gasteiger partial charge in [0.2, 0.25) is 0 Å². The predicted molar refractivity (Wildman–Crippen MR) is 90.4 cm³/mol. The van der Waals surface area contributed by atoms with E-state index in [1.807, 2.05) is 0 Å². The molecule has 21 heavy (non-hydrogen) atoms. The molecular weight excluding hydrogens is 285 g/mol. The van der Waals surface area contributed by atoms with Crippen molar-refractivity contribution in [3.8, 4) is 0 Å². The van der Waals surface area contributed by atoms with Gasteiger partial charge in [-0.3, -0.25) is 0 Å². The van der Waals surface area contributed by atoms with E-state index in [4.69, 9.17) is 11.6 Å². The first kappa shape index (κ1) is 18.4. The Labute approximate surface area is 134 Å². The van der Waals surface area contributed by atoms with E-state index in [0.29, 0.717) is 34.4 Å². The van der Waals surface area contributed by atoms with Crippen LogP contribution in [-0.2, 0) is 6.42 Å². The van der Waals surface area contributed by atoms with Crippen molar-refractivity contribution in [2.75, 3.05) is 6.54 Å². The lowest BCUT2D eigenvalue weighted by atomic mass is 9.82. The second kappa shape index (κ2) is 8.14. The van der Waals surface area contributed by atoms with Crippen LogP contribution < -0.4 is 5.32 Å². The highest BCUT2D eigenvalue weighted by molar-refractivity contribution is 6.30. The highest BCUT2D eigenvalue weighted by Crippen LogP contribution is 2.27.